The minimum absolute atomic E-state index is 0.0960. The molecule has 0 saturated heterocycles. The van der Waals surface area contributed by atoms with Crippen molar-refractivity contribution in [2.45, 2.75) is 12.4 Å². The molecule has 0 saturated carbocycles. The monoisotopic (exact) mass is 391 g/mol. The van der Waals surface area contributed by atoms with E-state index in [1.807, 2.05) is 0 Å². The lowest BCUT2D eigenvalue weighted by Crippen LogP contribution is -2.27. The zero-order chi connectivity index (χ0) is 19.4. The van der Waals surface area contributed by atoms with Crippen LogP contribution < -0.4 is 10.6 Å². The van der Waals surface area contributed by atoms with E-state index >= 15 is 0 Å². The van der Waals surface area contributed by atoms with Gasteiger partial charge >= 0.3 is 6.18 Å². The van der Waals surface area contributed by atoms with Gasteiger partial charge in [-0.2, -0.15) is 21.6 Å². The molecule has 2 rings (SSSR count). The van der Waals surface area contributed by atoms with E-state index in [-0.39, 0.29) is 23.6 Å². The molecule has 0 fully saturated rings. The molecular formula is C15H16F3N3O4S. The molecule has 1 heterocycles. The molecule has 0 aliphatic rings. The molecule has 1 aromatic heterocycles. The first-order valence-electron chi connectivity index (χ1n) is 7.32. The molecule has 1 unspecified atom stereocenters. The highest BCUT2D eigenvalue weighted by Gasteiger charge is 2.30. The van der Waals surface area contributed by atoms with Gasteiger partial charge < -0.3 is 10.4 Å². The van der Waals surface area contributed by atoms with E-state index in [0.717, 1.165) is 12.1 Å². The van der Waals surface area contributed by atoms with Crippen molar-refractivity contribution in [3.63, 3.8) is 0 Å². The predicted octanol–water partition coefficient (Wildman–Crippen LogP) is 2.31. The van der Waals surface area contributed by atoms with Crippen molar-refractivity contribution in [3.05, 3.63) is 53.7 Å². The molecule has 0 aliphatic heterocycles. The number of hydrogen-bond donors (Lipinski definition) is 4. The van der Waals surface area contributed by atoms with E-state index in [9.17, 15) is 26.7 Å². The summed E-state index contributed by atoms with van der Waals surface area (Å²) in [6.45, 7) is -0.238. The number of rotatable bonds is 7. The van der Waals surface area contributed by atoms with Crippen LogP contribution in [0.2, 0.25) is 0 Å². The first-order valence-corrected chi connectivity index (χ1v) is 8.93. The van der Waals surface area contributed by atoms with Crippen LogP contribution in [-0.2, 0) is 16.3 Å². The van der Waals surface area contributed by atoms with Crippen LogP contribution in [0.15, 0.2) is 42.6 Å². The predicted molar refractivity (Wildman–Crippen MR) is 88.3 cm³/mol. The van der Waals surface area contributed by atoms with E-state index in [1.165, 1.54) is 30.5 Å². The van der Waals surface area contributed by atoms with Gasteiger partial charge in [-0.15, -0.1) is 0 Å². The molecule has 0 spiro atoms. The van der Waals surface area contributed by atoms with Gasteiger partial charge in [0.25, 0.3) is 10.1 Å². The number of benzene rings is 1. The number of hydrogen-bond acceptors (Lipinski definition) is 6. The Balaban J connectivity index is 2.16. The lowest BCUT2D eigenvalue weighted by Gasteiger charge is -2.17. The third kappa shape index (κ3) is 5.95. The average Bonchev–Trinajstić information content (AvgIpc) is 2.53. The van der Waals surface area contributed by atoms with Gasteiger partial charge in [0, 0.05) is 24.0 Å². The number of pyridine rings is 1. The summed E-state index contributed by atoms with van der Waals surface area (Å²) in [6.07, 6.45) is -4.47. The molecule has 26 heavy (non-hydrogen) atoms. The second-order valence-corrected chi connectivity index (χ2v) is 6.86. The molecule has 4 N–H and O–H groups in total. The second kappa shape index (κ2) is 7.99. The van der Waals surface area contributed by atoms with Crippen molar-refractivity contribution < 1.29 is 31.2 Å². The number of nitrogens with one attached hydrogen (secondary N) is 2. The molecule has 0 bridgehead atoms. The maximum absolute atomic E-state index is 12.8. The maximum Gasteiger partial charge on any atom is 0.416 e. The zero-order valence-electron chi connectivity index (χ0n) is 13.2. The van der Waals surface area contributed by atoms with Crippen LogP contribution in [0.1, 0.15) is 17.4 Å². The Hall–Kier alpha value is -2.21. The minimum Gasteiger partial charge on any atom is -0.374 e. The zero-order valence-corrected chi connectivity index (χ0v) is 14.0. The van der Waals surface area contributed by atoms with Crippen molar-refractivity contribution in [2.24, 2.45) is 0 Å². The quantitative estimate of drug-likeness (QED) is 0.423. The highest BCUT2D eigenvalue weighted by atomic mass is 32.2. The Labute approximate surface area is 147 Å². The molecule has 1 atom stereocenters. The van der Waals surface area contributed by atoms with Gasteiger partial charge in [0.05, 0.1) is 11.3 Å². The van der Waals surface area contributed by atoms with Gasteiger partial charge in [0.1, 0.15) is 12.0 Å². The number of nitrogens with zero attached hydrogens (tertiary/aromatic N) is 1. The summed E-state index contributed by atoms with van der Waals surface area (Å²) >= 11 is 0. The molecule has 7 nitrogen and oxygen atoms in total. The summed E-state index contributed by atoms with van der Waals surface area (Å²) in [5.74, 6) is -0.514. The van der Waals surface area contributed by atoms with Gasteiger partial charge in [0.2, 0.25) is 0 Å². The number of halogens is 3. The summed E-state index contributed by atoms with van der Waals surface area (Å²) in [4.78, 5) is 3.98. The molecular weight excluding hydrogens is 375 g/mol. The number of aromatic nitrogens is 1. The van der Waals surface area contributed by atoms with E-state index in [1.54, 1.807) is 0 Å². The Bertz CT molecular complexity index is 859. The Morgan fingerprint density at radius 2 is 1.92 bits per heavy atom. The van der Waals surface area contributed by atoms with Gasteiger partial charge in [-0.25, -0.2) is 4.98 Å². The molecule has 2 aromatic rings. The number of alkyl halides is 3. The second-order valence-electron chi connectivity index (χ2n) is 5.29. The average molecular weight is 391 g/mol. The van der Waals surface area contributed by atoms with Gasteiger partial charge in [-0.05, 0) is 30.3 Å². The van der Waals surface area contributed by atoms with Crippen molar-refractivity contribution >= 4 is 21.6 Å². The largest absolute Gasteiger partial charge is 0.416 e. The smallest absolute Gasteiger partial charge is 0.374 e. The summed E-state index contributed by atoms with van der Waals surface area (Å²) < 4.78 is 68.4. The normalized spacial score (nSPS) is 13.4. The van der Waals surface area contributed by atoms with Crippen molar-refractivity contribution in [3.8, 4) is 0 Å². The molecule has 1 aromatic carbocycles. The first-order chi connectivity index (χ1) is 12.1. The van der Waals surface area contributed by atoms with E-state index in [0.29, 0.717) is 0 Å². The fourth-order valence-corrected chi connectivity index (χ4v) is 2.46. The van der Waals surface area contributed by atoms with Crippen LogP contribution in [0.5, 0.6) is 0 Å². The van der Waals surface area contributed by atoms with Gasteiger partial charge in [-0.1, -0.05) is 6.07 Å². The fraction of sp³-hybridized carbons (Fsp3) is 0.267. The maximum atomic E-state index is 12.8. The van der Waals surface area contributed by atoms with Gasteiger partial charge in [-0.3, -0.25) is 9.87 Å². The van der Waals surface area contributed by atoms with Crippen molar-refractivity contribution in [2.75, 3.05) is 17.6 Å². The molecule has 0 amide bonds. The number of aliphatic hydroxyl groups is 1. The molecule has 0 aliphatic carbocycles. The van der Waals surface area contributed by atoms with Crippen LogP contribution in [0.25, 0.3) is 0 Å². The summed E-state index contributed by atoms with van der Waals surface area (Å²) in [5, 5.41) is 15.3. The Morgan fingerprint density at radius 1 is 1.19 bits per heavy atom. The lowest BCUT2D eigenvalue weighted by atomic mass is 10.1. The van der Waals surface area contributed by atoms with Crippen LogP contribution in [0.4, 0.5) is 24.7 Å². The molecule has 0 radical (unpaired) electrons. The summed E-state index contributed by atoms with van der Waals surface area (Å²) in [6, 6.07) is 7.43. The van der Waals surface area contributed by atoms with E-state index in [2.05, 4.69) is 15.6 Å². The minimum atomic E-state index is -4.50. The standard InChI is InChI=1S/C15H16F3N3O4S/c16-15(17,18)10-3-1-4-11(9-10)21-13-12(5-2-6-19-13)14(22)20-7-8-26(23,24)25/h1-6,9,14,20,22H,7-8H2,(H,19,21)(H,23,24,25). The van der Waals surface area contributed by atoms with Crippen molar-refractivity contribution in [1.82, 2.24) is 10.3 Å². The highest BCUT2D eigenvalue weighted by molar-refractivity contribution is 7.85. The van der Waals surface area contributed by atoms with Crippen LogP contribution in [0, 0.1) is 0 Å². The fourth-order valence-electron chi connectivity index (χ4n) is 2.09. The number of aliphatic hydroxyl groups excluding tert-OH is 1. The Kier molecular flexibility index (Phi) is 6.18. The topological polar surface area (TPSA) is 112 Å². The van der Waals surface area contributed by atoms with Gasteiger partial charge in [0.15, 0.2) is 0 Å². The van der Waals surface area contributed by atoms with Crippen LogP contribution in [-0.4, -0.2) is 35.4 Å². The highest BCUT2D eigenvalue weighted by Crippen LogP contribution is 2.32. The Morgan fingerprint density at radius 3 is 2.58 bits per heavy atom. The van der Waals surface area contributed by atoms with Crippen LogP contribution >= 0.6 is 0 Å². The lowest BCUT2D eigenvalue weighted by molar-refractivity contribution is -0.137. The number of anilines is 2. The van der Waals surface area contributed by atoms with E-state index in [4.69, 9.17) is 4.55 Å². The summed E-state index contributed by atoms with van der Waals surface area (Å²) in [7, 11) is -4.19. The van der Waals surface area contributed by atoms with Crippen molar-refractivity contribution in [1.29, 1.82) is 0 Å². The summed E-state index contributed by atoms with van der Waals surface area (Å²) in [5.41, 5.74) is -0.531. The SMILES string of the molecule is O=S(=O)(O)CCNC(O)c1cccnc1Nc1cccc(C(F)(F)F)c1. The molecule has 11 heteroatoms. The van der Waals surface area contributed by atoms with Crippen LogP contribution in [0.3, 0.4) is 0 Å². The molecule has 142 valence electrons. The third-order valence-electron chi connectivity index (χ3n) is 3.28. The third-order valence-corrected chi connectivity index (χ3v) is 4.00. The van der Waals surface area contributed by atoms with E-state index < -0.39 is 33.8 Å². The first kappa shape index (κ1) is 20.1.